The van der Waals surface area contributed by atoms with E-state index >= 15 is 0 Å². The molecule has 1 saturated heterocycles. The van der Waals surface area contributed by atoms with Crippen LogP contribution in [0.1, 0.15) is 19.8 Å². The standard InChI is InChI=1S/C12H25N3/c1-10-7-14(3)12(6-13-2)9-15(8-10)11-4-5-11/h10-13H,4-9H2,1-3H3. The van der Waals surface area contributed by atoms with Gasteiger partial charge in [-0.1, -0.05) is 6.92 Å². The molecule has 88 valence electrons. The van der Waals surface area contributed by atoms with Gasteiger partial charge < -0.3 is 10.2 Å². The maximum Gasteiger partial charge on any atom is 0.0344 e. The first-order valence-corrected chi connectivity index (χ1v) is 6.29. The number of nitrogens with zero attached hydrogens (tertiary/aromatic N) is 2. The zero-order valence-electron chi connectivity index (χ0n) is 10.4. The van der Waals surface area contributed by atoms with Crippen LogP contribution in [0.5, 0.6) is 0 Å². The van der Waals surface area contributed by atoms with E-state index < -0.39 is 0 Å². The zero-order valence-corrected chi connectivity index (χ0v) is 10.4. The van der Waals surface area contributed by atoms with Crippen molar-refractivity contribution < 1.29 is 0 Å². The van der Waals surface area contributed by atoms with Crippen molar-refractivity contribution in [1.82, 2.24) is 15.1 Å². The van der Waals surface area contributed by atoms with Gasteiger partial charge in [0, 0.05) is 38.3 Å². The van der Waals surface area contributed by atoms with Gasteiger partial charge in [0.15, 0.2) is 0 Å². The summed E-state index contributed by atoms with van der Waals surface area (Å²) in [5, 5.41) is 3.32. The first kappa shape index (κ1) is 11.4. The number of nitrogens with one attached hydrogen (secondary N) is 1. The van der Waals surface area contributed by atoms with Crippen molar-refractivity contribution in [3.63, 3.8) is 0 Å². The Labute approximate surface area is 93.8 Å². The van der Waals surface area contributed by atoms with Crippen LogP contribution >= 0.6 is 0 Å². The van der Waals surface area contributed by atoms with Crippen LogP contribution < -0.4 is 5.32 Å². The molecule has 0 spiro atoms. The Balaban J connectivity index is 1.97. The third kappa shape index (κ3) is 2.92. The molecule has 1 saturated carbocycles. The molecule has 3 nitrogen and oxygen atoms in total. The molecule has 1 aliphatic carbocycles. The summed E-state index contributed by atoms with van der Waals surface area (Å²) >= 11 is 0. The lowest BCUT2D eigenvalue weighted by molar-refractivity contribution is 0.200. The third-order valence-electron chi connectivity index (χ3n) is 3.72. The number of likely N-dealkylation sites (N-methyl/N-ethyl adjacent to an activating group) is 2. The van der Waals surface area contributed by atoms with Crippen molar-refractivity contribution in [3.05, 3.63) is 0 Å². The highest BCUT2D eigenvalue weighted by Gasteiger charge is 2.34. The molecule has 2 fully saturated rings. The van der Waals surface area contributed by atoms with Crippen LogP contribution in [0.25, 0.3) is 0 Å². The van der Waals surface area contributed by atoms with Gasteiger partial charge in [-0.2, -0.15) is 0 Å². The lowest BCUT2D eigenvalue weighted by Gasteiger charge is -2.28. The summed E-state index contributed by atoms with van der Waals surface area (Å²) < 4.78 is 0. The van der Waals surface area contributed by atoms with E-state index in [1.165, 1.54) is 32.5 Å². The maximum atomic E-state index is 3.32. The van der Waals surface area contributed by atoms with Gasteiger partial charge in [-0.3, -0.25) is 4.90 Å². The molecule has 2 unspecified atom stereocenters. The van der Waals surface area contributed by atoms with Gasteiger partial charge in [-0.25, -0.2) is 0 Å². The highest BCUT2D eigenvalue weighted by Crippen LogP contribution is 2.29. The Kier molecular flexibility index (Phi) is 3.65. The molecule has 15 heavy (non-hydrogen) atoms. The monoisotopic (exact) mass is 211 g/mol. The van der Waals surface area contributed by atoms with Crippen molar-refractivity contribution in [2.45, 2.75) is 31.8 Å². The average Bonchev–Trinajstić information content (AvgIpc) is 2.97. The van der Waals surface area contributed by atoms with E-state index in [4.69, 9.17) is 0 Å². The van der Waals surface area contributed by atoms with Crippen LogP contribution in [-0.4, -0.2) is 62.2 Å². The summed E-state index contributed by atoms with van der Waals surface area (Å²) in [6.45, 7) is 7.30. The first-order valence-electron chi connectivity index (χ1n) is 6.29. The van der Waals surface area contributed by atoms with E-state index in [0.717, 1.165) is 18.5 Å². The van der Waals surface area contributed by atoms with Crippen molar-refractivity contribution in [2.24, 2.45) is 5.92 Å². The highest BCUT2D eigenvalue weighted by atomic mass is 15.3. The Hall–Kier alpha value is -0.120. The van der Waals surface area contributed by atoms with E-state index in [1.54, 1.807) is 0 Å². The van der Waals surface area contributed by atoms with E-state index in [9.17, 15) is 0 Å². The summed E-state index contributed by atoms with van der Waals surface area (Å²) in [5.41, 5.74) is 0. The van der Waals surface area contributed by atoms with Crippen LogP contribution in [0.2, 0.25) is 0 Å². The fourth-order valence-electron chi connectivity index (χ4n) is 2.78. The molecule has 0 radical (unpaired) electrons. The predicted octanol–water partition coefficient (Wildman–Crippen LogP) is 0.620. The second kappa shape index (κ2) is 4.81. The summed E-state index contributed by atoms with van der Waals surface area (Å²) in [6.07, 6.45) is 2.87. The van der Waals surface area contributed by atoms with Gasteiger partial charge in [-0.15, -0.1) is 0 Å². The largest absolute Gasteiger partial charge is 0.318 e. The van der Waals surface area contributed by atoms with E-state index in [-0.39, 0.29) is 0 Å². The van der Waals surface area contributed by atoms with Gasteiger partial charge in [0.1, 0.15) is 0 Å². The smallest absolute Gasteiger partial charge is 0.0344 e. The first-order chi connectivity index (χ1) is 7.20. The lowest BCUT2D eigenvalue weighted by atomic mass is 10.1. The third-order valence-corrected chi connectivity index (χ3v) is 3.72. The SMILES string of the molecule is CNCC1CN(C2CC2)CC(C)CN1C. The van der Waals surface area contributed by atoms with Gasteiger partial charge in [0.25, 0.3) is 0 Å². The number of hydrogen-bond donors (Lipinski definition) is 1. The molecule has 0 amide bonds. The molecular formula is C12H25N3. The fourth-order valence-corrected chi connectivity index (χ4v) is 2.78. The van der Waals surface area contributed by atoms with E-state index in [1.807, 2.05) is 0 Å². The van der Waals surface area contributed by atoms with Gasteiger partial charge >= 0.3 is 0 Å². The van der Waals surface area contributed by atoms with Crippen molar-refractivity contribution in [1.29, 1.82) is 0 Å². The topological polar surface area (TPSA) is 18.5 Å². The molecule has 0 aromatic carbocycles. The Morgan fingerprint density at radius 2 is 1.93 bits per heavy atom. The minimum atomic E-state index is 0.695. The second-order valence-corrected chi connectivity index (χ2v) is 5.44. The molecule has 3 heteroatoms. The van der Waals surface area contributed by atoms with Crippen molar-refractivity contribution >= 4 is 0 Å². The van der Waals surface area contributed by atoms with Gasteiger partial charge in [0.2, 0.25) is 0 Å². The van der Waals surface area contributed by atoms with E-state index in [0.29, 0.717) is 6.04 Å². The van der Waals surface area contributed by atoms with Crippen LogP contribution in [-0.2, 0) is 0 Å². The molecular weight excluding hydrogens is 186 g/mol. The van der Waals surface area contributed by atoms with Crippen LogP contribution in [0.15, 0.2) is 0 Å². The molecule has 0 aromatic rings. The maximum absolute atomic E-state index is 3.32. The van der Waals surface area contributed by atoms with Gasteiger partial charge in [-0.05, 0) is 32.9 Å². The van der Waals surface area contributed by atoms with Crippen molar-refractivity contribution in [2.75, 3.05) is 40.3 Å². The molecule has 1 heterocycles. The van der Waals surface area contributed by atoms with Crippen LogP contribution in [0.3, 0.4) is 0 Å². The Morgan fingerprint density at radius 3 is 2.53 bits per heavy atom. The lowest BCUT2D eigenvalue weighted by Crippen LogP contribution is -2.45. The normalized spacial score (nSPS) is 35.4. The fraction of sp³-hybridized carbons (Fsp3) is 1.00. The Bertz CT molecular complexity index is 203. The predicted molar refractivity (Wildman–Crippen MR) is 64.1 cm³/mol. The number of hydrogen-bond acceptors (Lipinski definition) is 3. The summed E-state index contributed by atoms with van der Waals surface area (Å²) in [7, 11) is 4.33. The minimum absolute atomic E-state index is 0.695. The Morgan fingerprint density at radius 1 is 1.20 bits per heavy atom. The van der Waals surface area contributed by atoms with E-state index in [2.05, 4.69) is 36.1 Å². The molecule has 2 rings (SSSR count). The molecule has 0 bridgehead atoms. The molecule has 0 aromatic heterocycles. The van der Waals surface area contributed by atoms with Crippen LogP contribution in [0, 0.1) is 5.92 Å². The van der Waals surface area contributed by atoms with Crippen molar-refractivity contribution in [3.8, 4) is 0 Å². The average molecular weight is 211 g/mol. The second-order valence-electron chi connectivity index (χ2n) is 5.44. The summed E-state index contributed by atoms with van der Waals surface area (Å²) in [4.78, 5) is 5.25. The molecule has 1 N–H and O–H groups in total. The minimum Gasteiger partial charge on any atom is -0.318 e. The molecule has 2 aliphatic rings. The van der Waals surface area contributed by atoms with Crippen LogP contribution in [0.4, 0.5) is 0 Å². The summed E-state index contributed by atoms with van der Waals surface area (Å²) in [6, 6.07) is 1.61. The summed E-state index contributed by atoms with van der Waals surface area (Å²) in [5.74, 6) is 0.817. The molecule has 2 atom stereocenters. The molecule has 1 aliphatic heterocycles. The number of rotatable bonds is 3. The quantitative estimate of drug-likeness (QED) is 0.738. The van der Waals surface area contributed by atoms with Gasteiger partial charge in [0.05, 0.1) is 0 Å². The zero-order chi connectivity index (χ0) is 10.8. The highest BCUT2D eigenvalue weighted by molar-refractivity contribution is 4.91.